The summed E-state index contributed by atoms with van der Waals surface area (Å²) in [6, 6.07) is 0. The molecule has 0 atom stereocenters. The van der Waals surface area contributed by atoms with Crippen LogP contribution in [0.2, 0.25) is 0 Å². The Morgan fingerprint density at radius 3 is 2.06 bits per heavy atom. The van der Waals surface area contributed by atoms with Crippen LogP contribution < -0.4 is 0 Å². The van der Waals surface area contributed by atoms with Crippen LogP contribution >= 0.6 is 0 Å². The number of aliphatic carboxylic acids is 1. The molecule has 0 aliphatic heterocycles. The Kier molecular flexibility index (Phi) is 15.4. The molecule has 0 bridgehead atoms. The van der Waals surface area contributed by atoms with Crippen LogP contribution in [-0.2, 0) is 49.4 Å². The molecule has 1 N–H and O–H groups in total. The Morgan fingerprint density at radius 2 is 1.56 bits per heavy atom. The number of hydrogen-bond acceptors (Lipinski definition) is 5. The Morgan fingerprint density at radius 1 is 1.00 bits per heavy atom. The number of carboxylic acid groups (broad SMARTS) is 1. The van der Waals surface area contributed by atoms with Gasteiger partial charge in [0.2, 0.25) is 0 Å². The van der Waals surface area contributed by atoms with Gasteiger partial charge < -0.3 is 43.3 Å². The molecule has 0 heterocycles. The van der Waals surface area contributed by atoms with Gasteiger partial charge in [0.15, 0.2) is 0 Å². The third kappa shape index (κ3) is 15.2. The molecule has 0 unspecified atom stereocenters. The van der Waals surface area contributed by atoms with Gasteiger partial charge in [-0.1, -0.05) is 6.54 Å². The predicted molar refractivity (Wildman–Crippen MR) is 60.1 cm³/mol. The van der Waals surface area contributed by atoms with Crippen molar-refractivity contribution in [3.8, 4) is 0 Å². The molecule has 0 saturated carbocycles. The molecule has 0 aliphatic carbocycles. The van der Waals surface area contributed by atoms with Crippen molar-refractivity contribution in [2.75, 3.05) is 31.9 Å². The molecule has 0 saturated heterocycles. The van der Waals surface area contributed by atoms with Gasteiger partial charge in [-0.05, 0) is 6.54 Å². The molecule has 18 heavy (non-hydrogen) atoms. The Labute approximate surface area is 120 Å². The van der Waals surface area contributed by atoms with Gasteiger partial charge in [0.25, 0.3) is 5.97 Å². The van der Waals surface area contributed by atoms with E-state index in [1.165, 1.54) is 0 Å². The van der Waals surface area contributed by atoms with E-state index in [2.05, 4.69) is 28.6 Å². The number of nitrogens with zero attached hydrogens (tertiary/aromatic N) is 3. The van der Waals surface area contributed by atoms with Crippen molar-refractivity contribution in [1.82, 2.24) is 0 Å². The number of rotatable bonds is 8. The second kappa shape index (κ2) is 14.2. The van der Waals surface area contributed by atoms with E-state index in [1.807, 2.05) is 0 Å². The van der Waals surface area contributed by atoms with E-state index in [9.17, 15) is 14.4 Å². The van der Waals surface area contributed by atoms with E-state index < -0.39 is 24.3 Å². The van der Waals surface area contributed by atoms with Crippen LogP contribution in [0.25, 0.3) is 16.0 Å². The fraction of sp³-hybridized carbons (Fsp3) is 0.625. The van der Waals surface area contributed by atoms with Crippen LogP contribution in [0.3, 0.4) is 0 Å². The van der Waals surface area contributed by atoms with Gasteiger partial charge in [0.05, 0.1) is 0 Å². The summed E-state index contributed by atoms with van der Waals surface area (Å²) in [5.41, 5.74) is 0. The molecule has 2 amide bonds. The van der Waals surface area contributed by atoms with Crippen molar-refractivity contribution in [3.05, 3.63) is 16.0 Å². The van der Waals surface area contributed by atoms with Gasteiger partial charge in [-0.2, -0.15) is 12.3 Å². The minimum atomic E-state index is -1.12. The van der Waals surface area contributed by atoms with E-state index in [0.29, 0.717) is 5.75 Å². The van der Waals surface area contributed by atoms with E-state index in [4.69, 9.17) is 8.61 Å². The zero-order valence-electron chi connectivity index (χ0n) is 9.24. The van der Waals surface area contributed by atoms with Crippen LogP contribution in [0.1, 0.15) is 0 Å². The SMILES string of the molecule is O=C(O)C[N-]CC(=O)[N-]CC(=O)[N-]CC[S-].[O]=[99Tc+4]. The standard InChI is InChI=1S/C8H14N3O4S.O.Tc/c12-6(3-9-5-8(14)15)11-4-7(13)10-1-2-16;;/h1-5H2,(H4,10,11,12,13,14,15,16);;/q-1;;+4/p-3/i;;1+1. The van der Waals surface area contributed by atoms with Crippen molar-refractivity contribution >= 4 is 30.4 Å². The minimum absolute atomic E-state index is 0.237. The summed E-state index contributed by atoms with van der Waals surface area (Å²) in [5.74, 6) is -1.93. The number of hydrogen-bond donors (Lipinski definition) is 1. The van der Waals surface area contributed by atoms with Crippen LogP contribution in [-0.4, -0.2) is 54.8 Å². The number of carboxylic acids is 1. The summed E-state index contributed by atoms with van der Waals surface area (Å²) >= 11 is 5.47. The molecule has 0 aliphatic rings. The Balaban J connectivity index is 0. The molecule has 8 nitrogen and oxygen atoms in total. The molecule has 0 aromatic carbocycles. The third-order valence-electron chi connectivity index (χ3n) is 1.26. The van der Waals surface area contributed by atoms with Crippen LogP contribution in [0.4, 0.5) is 0 Å². The summed E-state index contributed by atoms with van der Waals surface area (Å²) in [4.78, 5) is 31.9. The average molecular weight is 360 g/mol. The maximum absolute atomic E-state index is 10.9. The van der Waals surface area contributed by atoms with Crippen molar-refractivity contribution < 1.29 is 41.8 Å². The zero-order chi connectivity index (χ0) is 14.4. The topological polar surface area (TPSA) is 131 Å². The number of carbonyl (C=O) groups excluding carboxylic acids is 2. The number of carbonyl (C=O) groups is 3. The molecule has 0 fully saturated rings. The van der Waals surface area contributed by atoms with E-state index in [-0.39, 0.29) is 19.6 Å². The van der Waals surface area contributed by atoms with Gasteiger partial charge in [-0.25, -0.2) is 0 Å². The second-order valence-electron chi connectivity index (χ2n) is 2.62. The Hall–Kier alpha value is -0.831. The fourth-order valence-corrected chi connectivity index (χ4v) is 0.765. The molecule has 0 aromatic rings. The first-order valence-electron chi connectivity index (χ1n) is 4.55. The predicted octanol–water partition coefficient (Wildman–Crippen LogP) is -0.329. The zero-order valence-corrected chi connectivity index (χ0v) is 11.9. The Bertz CT molecular complexity index is 279. The van der Waals surface area contributed by atoms with Crippen molar-refractivity contribution in [2.45, 2.75) is 0 Å². The summed E-state index contributed by atoms with van der Waals surface area (Å²) in [5, 5.41) is 18.5. The van der Waals surface area contributed by atoms with E-state index in [0.717, 1.165) is 18.9 Å². The van der Waals surface area contributed by atoms with Gasteiger partial charge in [-0.15, -0.1) is 6.54 Å². The van der Waals surface area contributed by atoms with Gasteiger partial charge in [-0.3, -0.25) is 4.79 Å². The van der Waals surface area contributed by atoms with Crippen LogP contribution in [0, 0.1) is 0 Å². The van der Waals surface area contributed by atoms with E-state index in [1.54, 1.807) is 0 Å². The van der Waals surface area contributed by atoms with Crippen molar-refractivity contribution in [2.24, 2.45) is 0 Å². The quantitative estimate of drug-likeness (QED) is 0.590. The van der Waals surface area contributed by atoms with E-state index >= 15 is 0 Å². The van der Waals surface area contributed by atoms with Gasteiger partial charge >= 0.3 is 22.4 Å². The molecular weight excluding hydrogens is 349 g/mol. The maximum atomic E-state index is 10.9. The van der Waals surface area contributed by atoms with Crippen molar-refractivity contribution in [1.29, 1.82) is 0 Å². The summed E-state index contributed by atoms with van der Waals surface area (Å²) < 4.78 is 8.22. The third-order valence-corrected chi connectivity index (χ3v) is 1.45. The van der Waals surface area contributed by atoms with Crippen LogP contribution in [0.15, 0.2) is 0 Å². The van der Waals surface area contributed by atoms with Gasteiger partial charge in [0.1, 0.15) is 0 Å². The molecule has 0 aromatic heterocycles. The second-order valence-corrected chi connectivity index (χ2v) is 3.03. The molecule has 0 radical (unpaired) electrons. The molecule has 10 heteroatoms. The normalized spacial score (nSPS) is 8.83. The molecule has 101 valence electrons. The monoisotopic (exact) mass is 360 g/mol. The summed E-state index contributed by atoms with van der Waals surface area (Å²) in [6.45, 7) is -0.881. The van der Waals surface area contributed by atoms with Crippen LogP contribution in [0.5, 0.6) is 0 Å². The average Bonchev–Trinajstić information content (AvgIpc) is 2.35. The van der Waals surface area contributed by atoms with Gasteiger partial charge in [0, 0.05) is 11.8 Å². The molecular formula is C8H11N3O5STc. The molecule has 0 spiro atoms. The first-order chi connectivity index (χ1) is 8.56. The summed E-state index contributed by atoms with van der Waals surface area (Å²) in [7, 11) is 0. The number of amides is 2. The molecule has 0 rings (SSSR count). The first kappa shape index (κ1) is 19.5. The fourth-order valence-electron chi connectivity index (χ4n) is 0.673. The summed E-state index contributed by atoms with van der Waals surface area (Å²) in [6.07, 6.45) is 0. The first-order valence-corrected chi connectivity index (χ1v) is 5.89. The van der Waals surface area contributed by atoms with Crippen molar-refractivity contribution in [3.63, 3.8) is 0 Å².